The Kier molecular flexibility index (Phi) is 7.42. The molecule has 2 aliphatic heterocycles. The Bertz CT molecular complexity index is 321. The van der Waals surface area contributed by atoms with Gasteiger partial charge in [0.1, 0.15) is 0 Å². The van der Waals surface area contributed by atoms with Crippen LogP contribution in [0.3, 0.4) is 0 Å². The van der Waals surface area contributed by atoms with E-state index in [1.54, 1.807) is 0 Å². The summed E-state index contributed by atoms with van der Waals surface area (Å²) in [5, 5.41) is 6.26. The number of amides is 1. The zero-order chi connectivity index (χ0) is 12.8. The van der Waals surface area contributed by atoms with Gasteiger partial charge in [0.2, 0.25) is 5.91 Å². The second-order valence-electron chi connectivity index (χ2n) is 5.28. The van der Waals surface area contributed by atoms with Crippen LogP contribution in [0, 0.1) is 0 Å². The highest BCUT2D eigenvalue weighted by Gasteiger charge is 2.22. The van der Waals surface area contributed by atoms with Crippen LogP contribution in [0.15, 0.2) is 11.6 Å². The molecule has 0 aliphatic carbocycles. The van der Waals surface area contributed by atoms with Crippen molar-refractivity contribution in [2.45, 2.75) is 51.2 Å². The number of hydrogen-bond donors (Lipinski definition) is 2. The van der Waals surface area contributed by atoms with Crippen molar-refractivity contribution in [2.24, 2.45) is 0 Å². The summed E-state index contributed by atoms with van der Waals surface area (Å²) < 4.78 is 5.71. The van der Waals surface area contributed by atoms with Crippen LogP contribution in [0.2, 0.25) is 0 Å². The molecule has 0 aromatic carbocycles. The van der Waals surface area contributed by atoms with Gasteiger partial charge in [-0.2, -0.15) is 0 Å². The van der Waals surface area contributed by atoms with Gasteiger partial charge in [-0.25, -0.2) is 0 Å². The van der Waals surface area contributed by atoms with Crippen LogP contribution in [0.4, 0.5) is 0 Å². The summed E-state index contributed by atoms with van der Waals surface area (Å²) >= 11 is 0. The Morgan fingerprint density at radius 2 is 2.37 bits per heavy atom. The smallest absolute Gasteiger partial charge is 0.220 e. The van der Waals surface area contributed by atoms with Gasteiger partial charge in [0.15, 0.2) is 0 Å². The van der Waals surface area contributed by atoms with Crippen molar-refractivity contribution in [1.82, 2.24) is 10.6 Å². The molecule has 2 aliphatic rings. The van der Waals surface area contributed by atoms with Crippen LogP contribution in [-0.4, -0.2) is 37.7 Å². The molecule has 0 radical (unpaired) electrons. The van der Waals surface area contributed by atoms with E-state index in [0.717, 1.165) is 38.8 Å². The van der Waals surface area contributed by atoms with Crippen LogP contribution in [0.5, 0.6) is 0 Å². The van der Waals surface area contributed by atoms with Crippen molar-refractivity contribution in [2.75, 3.05) is 19.6 Å². The second-order valence-corrected chi connectivity index (χ2v) is 5.28. The Hall–Kier alpha value is -0.580. The van der Waals surface area contributed by atoms with Gasteiger partial charge in [-0.1, -0.05) is 11.6 Å². The van der Waals surface area contributed by atoms with E-state index in [1.807, 2.05) is 0 Å². The van der Waals surface area contributed by atoms with Crippen LogP contribution in [0.25, 0.3) is 0 Å². The number of carbonyl (C=O) groups excluding carboxylic acids is 1. The molecule has 2 rings (SSSR count). The molecule has 0 aromatic heterocycles. The Balaban J connectivity index is 0.00000180. The summed E-state index contributed by atoms with van der Waals surface area (Å²) in [5.74, 6) is 0.151. The third-order valence-electron chi connectivity index (χ3n) is 3.68. The lowest BCUT2D eigenvalue weighted by atomic mass is 10.1. The average molecular weight is 289 g/mol. The topological polar surface area (TPSA) is 50.4 Å². The molecular weight excluding hydrogens is 264 g/mol. The number of nitrogens with one attached hydrogen (secondary N) is 2. The summed E-state index contributed by atoms with van der Waals surface area (Å²) in [6, 6.07) is 0. The molecule has 2 unspecified atom stereocenters. The number of rotatable bonds is 5. The lowest BCUT2D eigenvalue weighted by Crippen LogP contribution is -2.30. The molecule has 19 heavy (non-hydrogen) atoms. The van der Waals surface area contributed by atoms with E-state index in [4.69, 9.17) is 4.74 Å². The predicted molar refractivity (Wildman–Crippen MR) is 78.6 cm³/mol. The number of hydrogen-bond acceptors (Lipinski definition) is 3. The molecule has 2 N–H and O–H groups in total. The molecule has 1 saturated heterocycles. The minimum Gasteiger partial charge on any atom is -0.375 e. The lowest BCUT2D eigenvalue weighted by molar-refractivity contribution is -0.121. The fourth-order valence-corrected chi connectivity index (χ4v) is 2.52. The van der Waals surface area contributed by atoms with E-state index in [2.05, 4.69) is 23.6 Å². The van der Waals surface area contributed by atoms with Crippen LogP contribution < -0.4 is 10.6 Å². The van der Waals surface area contributed by atoms with Crippen molar-refractivity contribution in [3.63, 3.8) is 0 Å². The van der Waals surface area contributed by atoms with Crippen molar-refractivity contribution in [3.05, 3.63) is 11.6 Å². The lowest BCUT2D eigenvalue weighted by Gasteiger charge is -2.15. The predicted octanol–water partition coefficient (Wildman–Crippen LogP) is 1.79. The molecule has 1 amide bonds. The standard InChI is InChI=1S/C14H24N2O2.ClH/c1-11-2-3-13(18-11)4-5-14(17)16-10-12-6-8-15-9-7-12;/h6,11,13,15H,2-5,7-10H2,1H3,(H,16,17);1H. The van der Waals surface area contributed by atoms with E-state index in [9.17, 15) is 4.79 Å². The fraction of sp³-hybridized carbons (Fsp3) is 0.786. The maximum absolute atomic E-state index is 11.7. The van der Waals surface area contributed by atoms with Crippen molar-refractivity contribution >= 4 is 18.3 Å². The summed E-state index contributed by atoms with van der Waals surface area (Å²) in [5.41, 5.74) is 1.34. The SMILES string of the molecule is CC1CCC(CCC(=O)NCC2=CCNCC2)O1.Cl. The zero-order valence-electron chi connectivity index (χ0n) is 11.6. The molecular formula is C14H25ClN2O2. The number of carbonyl (C=O) groups is 1. The first-order chi connectivity index (χ1) is 8.74. The molecule has 5 heteroatoms. The van der Waals surface area contributed by atoms with Gasteiger partial charge in [0.05, 0.1) is 12.2 Å². The van der Waals surface area contributed by atoms with Gasteiger partial charge in [0.25, 0.3) is 0 Å². The first-order valence-corrected chi connectivity index (χ1v) is 7.05. The van der Waals surface area contributed by atoms with Crippen LogP contribution in [-0.2, 0) is 9.53 Å². The minimum atomic E-state index is 0. The molecule has 0 bridgehead atoms. The third-order valence-corrected chi connectivity index (χ3v) is 3.68. The largest absolute Gasteiger partial charge is 0.375 e. The van der Waals surface area contributed by atoms with Crippen LogP contribution in [0.1, 0.15) is 39.0 Å². The van der Waals surface area contributed by atoms with E-state index in [0.29, 0.717) is 25.2 Å². The number of ether oxygens (including phenoxy) is 1. The molecule has 2 heterocycles. The van der Waals surface area contributed by atoms with E-state index >= 15 is 0 Å². The second kappa shape index (κ2) is 8.56. The quantitative estimate of drug-likeness (QED) is 0.759. The van der Waals surface area contributed by atoms with Crippen LogP contribution >= 0.6 is 12.4 Å². The molecule has 110 valence electrons. The first kappa shape index (κ1) is 16.5. The van der Waals surface area contributed by atoms with E-state index in [-0.39, 0.29) is 18.3 Å². The molecule has 1 fully saturated rings. The average Bonchev–Trinajstić information content (AvgIpc) is 2.81. The molecule has 0 aromatic rings. The van der Waals surface area contributed by atoms with Gasteiger partial charge in [0, 0.05) is 19.5 Å². The highest BCUT2D eigenvalue weighted by atomic mass is 35.5. The molecule has 4 nitrogen and oxygen atoms in total. The normalized spacial score (nSPS) is 26.5. The van der Waals surface area contributed by atoms with E-state index < -0.39 is 0 Å². The Morgan fingerprint density at radius 1 is 1.53 bits per heavy atom. The monoisotopic (exact) mass is 288 g/mol. The third kappa shape index (κ3) is 5.93. The van der Waals surface area contributed by atoms with Gasteiger partial charge in [-0.05, 0) is 39.2 Å². The number of halogens is 1. The van der Waals surface area contributed by atoms with Gasteiger partial charge in [-0.3, -0.25) is 4.79 Å². The maximum Gasteiger partial charge on any atom is 0.220 e. The first-order valence-electron chi connectivity index (χ1n) is 7.05. The molecule has 0 spiro atoms. The van der Waals surface area contributed by atoms with E-state index in [1.165, 1.54) is 5.57 Å². The zero-order valence-corrected chi connectivity index (χ0v) is 12.4. The van der Waals surface area contributed by atoms with Gasteiger partial charge < -0.3 is 15.4 Å². The maximum atomic E-state index is 11.7. The summed E-state index contributed by atoms with van der Waals surface area (Å²) in [6.07, 6.45) is 7.56. The Morgan fingerprint density at radius 3 is 3.00 bits per heavy atom. The summed E-state index contributed by atoms with van der Waals surface area (Å²) in [4.78, 5) is 11.7. The van der Waals surface area contributed by atoms with Gasteiger partial charge in [-0.15, -0.1) is 12.4 Å². The molecule has 2 atom stereocenters. The van der Waals surface area contributed by atoms with Crippen molar-refractivity contribution in [1.29, 1.82) is 0 Å². The van der Waals surface area contributed by atoms with Gasteiger partial charge >= 0.3 is 0 Å². The highest BCUT2D eigenvalue weighted by Crippen LogP contribution is 2.22. The fourth-order valence-electron chi connectivity index (χ4n) is 2.52. The van der Waals surface area contributed by atoms with Crippen molar-refractivity contribution < 1.29 is 9.53 Å². The summed E-state index contributed by atoms with van der Waals surface area (Å²) in [7, 11) is 0. The summed E-state index contributed by atoms with van der Waals surface area (Å²) in [6.45, 7) is 4.76. The minimum absolute atomic E-state index is 0. The molecule has 0 saturated carbocycles. The highest BCUT2D eigenvalue weighted by molar-refractivity contribution is 5.85. The van der Waals surface area contributed by atoms with Crippen molar-refractivity contribution in [3.8, 4) is 0 Å². The Labute approximate surface area is 121 Å².